The Morgan fingerprint density at radius 3 is 2.24 bits per heavy atom. The zero-order valence-electron chi connectivity index (χ0n) is 10.9. The highest BCUT2D eigenvalue weighted by Gasteiger charge is 2.14. The van der Waals surface area contributed by atoms with Gasteiger partial charge in [-0.1, -0.05) is 29.8 Å². The van der Waals surface area contributed by atoms with E-state index in [1.165, 1.54) is 12.1 Å². The monoisotopic (exact) mass is 324 g/mol. The molecule has 0 atom stereocenters. The summed E-state index contributed by atoms with van der Waals surface area (Å²) < 4.78 is 26.1. The maximum atomic E-state index is 11.9. The van der Waals surface area contributed by atoms with Crippen molar-refractivity contribution in [3.63, 3.8) is 0 Å². The van der Waals surface area contributed by atoms with E-state index < -0.39 is 15.9 Å². The summed E-state index contributed by atoms with van der Waals surface area (Å²) in [5, 5.41) is 3.12. The van der Waals surface area contributed by atoms with Crippen molar-refractivity contribution in [2.75, 3.05) is 11.9 Å². The van der Waals surface area contributed by atoms with Gasteiger partial charge in [0.2, 0.25) is 15.9 Å². The zero-order valence-corrected chi connectivity index (χ0v) is 12.5. The lowest BCUT2D eigenvalue weighted by molar-refractivity contribution is -0.115. The van der Waals surface area contributed by atoms with Crippen molar-refractivity contribution in [2.24, 2.45) is 0 Å². The SMILES string of the molecule is O=C(CNS(=O)(=O)c1ccccc1)Nc1ccc(Cl)cc1. The molecule has 0 unspecified atom stereocenters. The number of amides is 1. The number of anilines is 1. The minimum Gasteiger partial charge on any atom is -0.325 e. The Kier molecular flexibility index (Phi) is 4.95. The van der Waals surface area contributed by atoms with Gasteiger partial charge in [0.05, 0.1) is 11.4 Å². The number of benzene rings is 2. The molecule has 0 spiro atoms. The van der Waals surface area contributed by atoms with Crippen LogP contribution in [-0.4, -0.2) is 20.9 Å². The van der Waals surface area contributed by atoms with E-state index in [9.17, 15) is 13.2 Å². The third-order valence-corrected chi connectivity index (χ3v) is 4.27. The first-order chi connectivity index (χ1) is 9.97. The Labute approximate surface area is 128 Å². The van der Waals surface area contributed by atoms with E-state index in [0.717, 1.165) is 0 Å². The van der Waals surface area contributed by atoms with Crippen LogP contribution in [0.3, 0.4) is 0 Å². The maximum absolute atomic E-state index is 11.9. The predicted octanol–water partition coefficient (Wildman–Crippen LogP) is 2.26. The van der Waals surface area contributed by atoms with Crippen molar-refractivity contribution in [3.05, 3.63) is 59.6 Å². The van der Waals surface area contributed by atoms with Gasteiger partial charge in [0.25, 0.3) is 0 Å². The number of hydrogen-bond acceptors (Lipinski definition) is 3. The van der Waals surface area contributed by atoms with Gasteiger partial charge in [0.1, 0.15) is 0 Å². The van der Waals surface area contributed by atoms with E-state index in [2.05, 4.69) is 10.0 Å². The van der Waals surface area contributed by atoms with Gasteiger partial charge >= 0.3 is 0 Å². The molecule has 5 nitrogen and oxygen atoms in total. The van der Waals surface area contributed by atoms with Gasteiger partial charge in [0.15, 0.2) is 0 Å². The Hall–Kier alpha value is -1.89. The van der Waals surface area contributed by atoms with Crippen LogP contribution in [0.2, 0.25) is 5.02 Å². The van der Waals surface area contributed by atoms with Gasteiger partial charge in [-0.05, 0) is 36.4 Å². The number of nitrogens with one attached hydrogen (secondary N) is 2. The lowest BCUT2D eigenvalue weighted by Crippen LogP contribution is -2.32. The summed E-state index contributed by atoms with van der Waals surface area (Å²) in [5.41, 5.74) is 0.545. The van der Waals surface area contributed by atoms with Crippen LogP contribution in [0.1, 0.15) is 0 Å². The first-order valence-corrected chi connectivity index (χ1v) is 7.93. The molecule has 110 valence electrons. The molecular formula is C14H13ClN2O3S. The van der Waals surface area contributed by atoms with E-state index in [1.807, 2.05) is 0 Å². The van der Waals surface area contributed by atoms with Gasteiger partial charge in [-0.3, -0.25) is 4.79 Å². The number of carbonyl (C=O) groups excluding carboxylic acids is 1. The lowest BCUT2D eigenvalue weighted by atomic mass is 10.3. The van der Waals surface area contributed by atoms with E-state index in [0.29, 0.717) is 10.7 Å². The average Bonchev–Trinajstić information content (AvgIpc) is 2.49. The molecule has 2 aromatic rings. The molecule has 0 fully saturated rings. The van der Waals surface area contributed by atoms with Crippen molar-refractivity contribution in [3.8, 4) is 0 Å². The molecule has 0 heterocycles. The fourth-order valence-electron chi connectivity index (χ4n) is 1.58. The second-order valence-electron chi connectivity index (χ2n) is 4.19. The number of carbonyl (C=O) groups is 1. The van der Waals surface area contributed by atoms with E-state index >= 15 is 0 Å². The van der Waals surface area contributed by atoms with Crippen molar-refractivity contribution < 1.29 is 13.2 Å². The Bertz CT molecular complexity index is 716. The summed E-state index contributed by atoms with van der Waals surface area (Å²) in [4.78, 5) is 11.8. The summed E-state index contributed by atoms with van der Waals surface area (Å²) in [6.07, 6.45) is 0. The van der Waals surface area contributed by atoms with Crippen LogP contribution in [0.15, 0.2) is 59.5 Å². The second-order valence-corrected chi connectivity index (χ2v) is 6.40. The molecule has 2 rings (SSSR count). The molecule has 0 aliphatic rings. The minimum absolute atomic E-state index is 0.115. The van der Waals surface area contributed by atoms with Crippen LogP contribution in [0.4, 0.5) is 5.69 Å². The van der Waals surface area contributed by atoms with Crippen LogP contribution < -0.4 is 10.0 Å². The smallest absolute Gasteiger partial charge is 0.241 e. The van der Waals surface area contributed by atoms with E-state index in [4.69, 9.17) is 11.6 Å². The maximum Gasteiger partial charge on any atom is 0.241 e. The molecule has 0 saturated carbocycles. The number of rotatable bonds is 5. The average molecular weight is 325 g/mol. The van der Waals surface area contributed by atoms with Crippen LogP contribution in [0.25, 0.3) is 0 Å². The van der Waals surface area contributed by atoms with Crippen LogP contribution in [0, 0.1) is 0 Å². The molecular weight excluding hydrogens is 312 g/mol. The molecule has 2 N–H and O–H groups in total. The van der Waals surface area contributed by atoms with Gasteiger partial charge < -0.3 is 5.32 Å². The molecule has 1 amide bonds. The van der Waals surface area contributed by atoms with Crippen molar-refractivity contribution >= 4 is 33.2 Å². The van der Waals surface area contributed by atoms with Gasteiger partial charge in [-0.25, -0.2) is 13.1 Å². The molecule has 0 radical (unpaired) electrons. The fourth-order valence-corrected chi connectivity index (χ4v) is 2.71. The van der Waals surface area contributed by atoms with Gasteiger partial charge in [-0.2, -0.15) is 0 Å². The van der Waals surface area contributed by atoms with Crippen molar-refractivity contribution in [2.45, 2.75) is 4.90 Å². The standard InChI is InChI=1S/C14H13ClN2O3S/c15-11-6-8-12(9-7-11)17-14(18)10-16-21(19,20)13-4-2-1-3-5-13/h1-9,16H,10H2,(H,17,18). The summed E-state index contributed by atoms with van der Waals surface area (Å²) in [5.74, 6) is -0.461. The zero-order chi connectivity index (χ0) is 15.3. The van der Waals surface area contributed by atoms with E-state index in [-0.39, 0.29) is 11.4 Å². The van der Waals surface area contributed by atoms with Crippen LogP contribution >= 0.6 is 11.6 Å². The highest BCUT2D eigenvalue weighted by Crippen LogP contribution is 2.13. The number of sulfonamides is 1. The largest absolute Gasteiger partial charge is 0.325 e. The predicted molar refractivity (Wildman–Crippen MR) is 81.7 cm³/mol. The number of halogens is 1. The molecule has 0 saturated heterocycles. The Balaban J connectivity index is 1.93. The lowest BCUT2D eigenvalue weighted by Gasteiger charge is -2.08. The van der Waals surface area contributed by atoms with Crippen LogP contribution in [-0.2, 0) is 14.8 Å². The summed E-state index contributed by atoms with van der Waals surface area (Å²) in [6, 6.07) is 14.4. The van der Waals surface area contributed by atoms with Crippen LogP contribution in [0.5, 0.6) is 0 Å². The summed E-state index contributed by atoms with van der Waals surface area (Å²) >= 11 is 5.73. The first kappa shape index (κ1) is 15.5. The highest BCUT2D eigenvalue weighted by atomic mass is 35.5. The molecule has 0 aromatic heterocycles. The van der Waals surface area contributed by atoms with Gasteiger partial charge in [0, 0.05) is 10.7 Å². The summed E-state index contributed by atoms with van der Waals surface area (Å²) in [7, 11) is -3.69. The topological polar surface area (TPSA) is 75.3 Å². The number of hydrogen-bond donors (Lipinski definition) is 2. The fraction of sp³-hybridized carbons (Fsp3) is 0.0714. The third kappa shape index (κ3) is 4.56. The second kappa shape index (κ2) is 6.71. The van der Waals surface area contributed by atoms with Gasteiger partial charge in [-0.15, -0.1) is 0 Å². The molecule has 0 bridgehead atoms. The quantitative estimate of drug-likeness (QED) is 0.885. The highest BCUT2D eigenvalue weighted by molar-refractivity contribution is 7.89. The Morgan fingerprint density at radius 1 is 1.00 bits per heavy atom. The van der Waals surface area contributed by atoms with Crippen molar-refractivity contribution in [1.82, 2.24) is 4.72 Å². The molecule has 7 heteroatoms. The minimum atomic E-state index is -3.69. The molecule has 2 aromatic carbocycles. The molecule has 21 heavy (non-hydrogen) atoms. The molecule has 0 aliphatic heterocycles. The first-order valence-electron chi connectivity index (χ1n) is 6.07. The van der Waals surface area contributed by atoms with E-state index in [1.54, 1.807) is 42.5 Å². The van der Waals surface area contributed by atoms with Crippen molar-refractivity contribution in [1.29, 1.82) is 0 Å². The summed E-state index contributed by atoms with van der Waals surface area (Å²) in [6.45, 7) is -0.347. The third-order valence-electron chi connectivity index (χ3n) is 2.60. The normalized spacial score (nSPS) is 11.1. The molecule has 0 aliphatic carbocycles. The Morgan fingerprint density at radius 2 is 1.62 bits per heavy atom.